The van der Waals surface area contributed by atoms with Crippen molar-refractivity contribution < 1.29 is 9.21 Å². The summed E-state index contributed by atoms with van der Waals surface area (Å²) < 4.78 is 5.17. The number of hydrogen-bond acceptors (Lipinski definition) is 6. The Kier molecular flexibility index (Phi) is 4.42. The molecule has 0 atom stereocenters. The number of nitrogens with one attached hydrogen (secondary N) is 2. The van der Waals surface area contributed by atoms with Gasteiger partial charge in [-0.2, -0.15) is 5.10 Å². The minimum Gasteiger partial charge on any atom is -0.465 e. The highest BCUT2D eigenvalue weighted by atomic mass is 16.3. The molecular formula is C17H17N5O2. The molecule has 1 aliphatic rings. The van der Waals surface area contributed by atoms with Crippen molar-refractivity contribution in [2.75, 3.05) is 19.0 Å². The first-order chi connectivity index (χ1) is 11.6. The summed E-state index contributed by atoms with van der Waals surface area (Å²) in [6, 6.07) is 11.4. The van der Waals surface area contributed by atoms with Crippen LogP contribution in [0.15, 0.2) is 62.9 Å². The van der Waals surface area contributed by atoms with Gasteiger partial charge in [-0.05, 0) is 29.8 Å². The van der Waals surface area contributed by atoms with E-state index >= 15 is 0 Å². The van der Waals surface area contributed by atoms with Crippen LogP contribution in [-0.4, -0.2) is 32.2 Å². The standard InChI is InChI=1S/C17H17N5O2/c1-22(2)13-7-5-12(6-8-13)11-18-21-17-19-15(16(23)20-17)10-14-4-3-9-24-14/h3-11H,1-2H3,(H2,19,20,21,23)/b15-10-,18-11+. The lowest BCUT2D eigenvalue weighted by atomic mass is 10.2. The van der Waals surface area contributed by atoms with Crippen LogP contribution in [0.5, 0.6) is 0 Å². The van der Waals surface area contributed by atoms with Gasteiger partial charge in [0.1, 0.15) is 11.5 Å². The molecule has 7 heteroatoms. The van der Waals surface area contributed by atoms with Gasteiger partial charge in [0.05, 0.1) is 12.5 Å². The van der Waals surface area contributed by atoms with E-state index < -0.39 is 0 Å². The smallest absolute Gasteiger partial charge is 0.276 e. The number of carbonyl (C=O) groups excluding carboxylic acids is 1. The second-order valence-corrected chi connectivity index (χ2v) is 5.32. The summed E-state index contributed by atoms with van der Waals surface area (Å²) in [6.07, 6.45) is 4.75. The molecular weight excluding hydrogens is 306 g/mol. The predicted octanol–water partition coefficient (Wildman–Crippen LogP) is 1.80. The molecule has 1 aliphatic heterocycles. The Balaban J connectivity index is 1.63. The molecule has 0 bridgehead atoms. The molecule has 0 fully saturated rings. The van der Waals surface area contributed by atoms with Gasteiger partial charge in [0.15, 0.2) is 0 Å². The number of carbonyl (C=O) groups is 1. The van der Waals surface area contributed by atoms with E-state index in [2.05, 4.69) is 20.8 Å². The predicted molar refractivity (Wildman–Crippen MR) is 93.8 cm³/mol. The number of hydrogen-bond donors (Lipinski definition) is 2. The second-order valence-electron chi connectivity index (χ2n) is 5.32. The van der Waals surface area contributed by atoms with Crippen molar-refractivity contribution in [3.8, 4) is 0 Å². The highest BCUT2D eigenvalue weighted by Crippen LogP contribution is 2.12. The van der Waals surface area contributed by atoms with Crippen molar-refractivity contribution in [1.82, 2.24) is 10.7 Å². The summed E-state index contributed by atoms with van der Waals surface area (Å²) in [5.41, 5.74) is 5.02. The minimum absolute atomic E-state index is 0.262. The summed E-state index contributed by atoms with van der Waals surface area (Å²) in [4.78, 5) is 18.0. The molecule has 7 nitrogen and oxygen atoms in total. The number of nitrogens with zero attached hydrogens (tertiary/aromatic N) is 3. The van der Waals surface area contributed by atoms with Crippen LogP contribution in [0.1, 0.15) is 11.3 Å². The highest BCUT2D eigenvalue weighted by molar-refractivity contribution is 6.13. The van der Waals surface area contributed by atoms with E-state index in [1.165, 1.54) is 6.26 Å². The fourth-order valence-corrected chi connectivity index (χ4v) is 2.06. The van der Waals surface area contributed by atoms with Crippen LogP contribution in [0.4, 0.5) is 5.69 Å². The molecule has 0 spiro atoms. The molecule has 1 amide bonds. The minimum atomic E-state index is -0.306. The van der Waals surface area contributed by atoms with E-state index in [1.54, 1.807) is 24.4 Å². The first kappa shape index (κ1) is 15.5. The molecule has 2 N–H and O–H groups in total. The zero-order chi connectivity index (χ0) is 16.9. The van der Waals surface area contributed by atoms with Crippen molar-refractivity contribution in [1.29, 1.82) is 0 Å². The maximum Gasteiger partial charge on any atom is 0.276 e. The second kappa shape index (κ2) is 6.82. The number of guanidine groups is 1. The van der Waals surface area contributed by atoms with Crippen LogP contribution in [-0.2, 0) is 4.79 Å². The van der Waals surface area contributed by atoms with Gasteiger partial charge in [-0.1, -0.05) is 12.1 Å². The van der Waals surface area contributed by atoms with E-state index in [0.29, 0.717) is 5.76 Å². The third-order valence-corrected chi connectivity index (χ3v) is 3.31. The Hall–Kier alpha value is -3.35. The quantitative estimate of drug-likeness (QED) is 0.511. The van der Waals surface area contributed by atoms with Crippen molar-refractivity contribution in [3.63, 3.8) is 0 Å². The highest BCUT2D eigenvalue weighted by Gasteiger charge is 2.19. The molecule has 3 rings (SSSR count). The number of hydrazone groups is 1. The number of anilines is 1. The van der Waals surface area contributed by atoms with E-state index in [4.69, 9.17) is 4.42 Å². The van der Waals surface area contributed by atoms with Crippen molar-refractivity contribution >= 4 is 29.8 Å². The summed E-state index contributed by atoms with van der Waals surface area (Å²) >= 11 is 0. The van der Waals surface area contributed by atoms with E-state index in [0.717, 1.165) is 11.3 Å². The zero-order valence-electron chi connectivity index (χ0n) is 13.4. The van der Waals surface area contributed by atoms with Gasteiger partial charge in [0.2, 0.25) is 5.96 Å². The number of amides is 1. The SMILES string of the molecule is CN(C)c1ccc(/C=N/NC2=N/C(=C\c3ccco3)C(=O)N2)cc1. The number of benzene rings is 1. The van der Waals surface area contributed by atoms with Gasteiger partial charge >= 0.3 is 0 Å². The lowest BCUT2D eigenvalue weighted by Gasteiger charge is -2.11. The maximum atomic E-state index is 11.8. The largest absolute Gasteiger partial charge is 0.465 e. The van der Waals surface area contributed by atoms with Crippen molar-refractivity contribution in [2.45, 2.75) is 0 Å². The summed E-state index contributed by atoms with van der Waals surface area (Å²) in [6.45, 7) is 0. The lowest BCUT2D eigenvalue weighted by molar-refractivity contribution is -0.115. The third kappa shape index (κ3) is 3.70. The molecule has 1 aromatic carbocycles. The summed E-state index contributed by atoms with van der Waals surface area (Å²) in [7, 11) is 3.97. The molecule has 0 saturated heterocycles. The van der Waals surface area contributed by atoms with Gasteiger partial charge in [0.25, 0.3) is 5.91 Å². The Morgan fingerprint density at radius 3 is 2.71 bits per heavy atom. The normalized spacial score (nSPS) is 15.7. The third-order valence-electron chi connectivity index (χ3n) is 3.31. The fraction of sp³-hybridized carbons (Fsp3) is 0.118. The van der Waals surface area contributed by atoms with Crippen LogP contribution in [0, 0.1) is 0 Å². The maximum absolute atomic E-state index is 11.8. The Labute approximate surface area is 139 Å². The molecule has 0 saturated carbocycles. The first-order valence-corrected chi connectivity index (χ1v) is 7.33. The topological polar surface area (TPSA) is 82.2 Å². The van der Waals surface area contributed by atoms with Gasteiger partial charge in [0, 0.05) is 25.9 Å². The molecule has 2 aromatic rings. The van der Waals surface area contributed by atoms with Gasteiger partial charge in [-0.15, -0.1) is 0 Å². The summed E-state index contributed by atoms with van der Waals surface area (Å²) in [5.74, 6) is 0.535. The molecule has 0 unspecified atom stereocenters. The Bertz CT molecular complexity index is 802. The van der Waals surface area contributed by atoms with E-state index in [9.17, 15) is 4.79 Å². The van der Waals surface area contributed by atoms with Crippen LogP contribution in [0.25, 0.3) is 6.08 Å². The molecule has 24 heavy (non-hydrogen) atoms. The van der Waals surface area contributed by atoms with Gasteiger partial charge in [-0.25, -0.2) is 10.4 Å². The van der Waals surface area contributed by atoms with Crippen LogP contribution in [0.2, 0.25) is 0 Å². The average Bonchev–Trinajstić information content (AvgIpc) is 3.19. The number of rotatable bonds is 4. The van der Waals surface area contributed by atoms with Crippen molar-refractivity contribution in [2.24, 2.45) is 10.1 Å². The lowest BCUT2D eigenvalue weighted by Crippen LogP contribution is -2.33. The number of furan rings is 1. The molecule has 2 heterocycles. The van der Waals surface area contributed by atoms with Crippen LogP contribution < -0.4 is 15.6 Å². The average molecular weight is 323 g/mol. The van der Waals surface area contributed by atoms with Gasteiger partial charge in [-0.3, -0.25) is 10.1 Å². The first-order valence-electron chi connectivity index (χ1n) is 7.33. The Morgan fingerprint density at radius 1 is 1.25 bits per heavy atom. The molecule has 0 radical (unpaired) electrons. The van der Waals surface area contributed by atoms with Crippen molar-refractivity contribution in [3.05, 3.63) is 59.7 Å². The molecule has 122 valence electrons. The number of aliphatic imine (C=N–C) groups is 1. The van der Waals surface area contributed by atoms with Gasteiger partial charge < -0.3 is 9.32 Å². The molecule has 0 aliphatic carbocycles. The van der Waals surface area contributed by atoms with Crippen LogP contribution in [0.3, 0.4) is 0 Å². The van der Waals surface area contributed by atoms with E-state index in [-0.39, 0.29) is 17.6 Å². The Morgan fingerprint density at radius 2 is 2.04 bits per heavy atom. The van der Waals surface area contributed by atoms with Crippen LogP contribution >= 0.6 is 0 Å². The molecule has 1 aromatic heterocycles. The monoisotopic (exact) mass is 323 g/mol. The van der Waals surface area contributed by atoms with E-state index in [1.807, 2.05) is 43.3 Å². The zero-order valence-corrected chi connectivity index (χ0v) is 13.4. The fourth-order valence-electron chi connectivity index (χ4n) is 2.06. The summed E-state index contributed by atoms with van der Waals surface area (Å²) in [5, 5.41) is 6.68.